The van der Waals surface area contributed by atoms with Gasteiger partial charge in [-0.25, -0.2) is 4.79 Å². The Morgan fingerprint density at radius 1 is 1.32 bits per heavy atom. The first-order valence-corrected chi connectivity index (χ1v) is 8.69. The van der Waals surface area contributed by atoms with Crippen molar-refractivity contribution in [3.8, 4) is 0 Å². The summed E-state index contributed by atoms with van der Waals surface area (Å²) in [6, 6.07) is 9.55. The highest BCUT2D eigenvalue weighted by molar-refractivity contribution is 5.76. The first-order valence-electron chi connectivity index (χ1n) is 8.69. The van der Waals surface area contributed by atoms with Crippen LogP contribution in [0.25, 0.3) is 0 Å². The fraction of sp³-hybridized carbons (Fsp3) is 0.389. The van der Waals surface area contributed by atoms with Gasteiger partial charge in [0.05, 0.1) is 6.61 Å². The highest BCUT2D eigenvalue weighted by atomic mass is 16.6. The Morgan fingerprint density at radius 3 is 2.68 bits per heavy atom. The second-order valence-corrected chi connectivity index (χ2v) is 6.48. The SMILES string of the molecule is Nc1ccn([C@@H]2O[C@H](CO)[C@@H](OC(=O)[C@H](N)Cc3ccccc3)[C@H]2O)c(=O)n1. The Morgan fingerprint density at radius 2 is 2.04 bits per heavy atom. The standard InChI is InChI=1S/C18H22N4O6/c19-11(8-10-4-2-1-3-5-10)17(25)28-15-12(9-23)27-16(14(15)24)22-7-6-13(20)21-18(22)26/h1-7,11-12,14-16,23-24H,8-9,19H2,(H2,20,21,26)/t11-,12-,14-,15-,16-/m1/s1. The topological polar surface area (TPSA) is 163 Å². The van der Waals surface area contributed by atoms with E-state index in [2.05, 4.69) is 4.98 Å². The van der Waals surface area contributed by atoms with Gasteiger partial charge in [0.2, 0.25) is 0 Å². The second-order valence-electron chi connectivity index (χ2n) is 6.48. The first-order chi connectivity index (χ1) is 13.4. The van der Waals surface area contributed by atoms with E-state index >= 15 is 0 Å². The number of benzene rings is 1. The van der Waals surface area contributed by atoms with Gasteiger partial charge in [0.25, 0.3) is 0 Å². The van der Waals surface area contributed by atoms with Crippen molar-refractivity contribution >= 4 is 11.8 Å². The van der Waals surface area contributed by atoms with Gasteiger partial charge in [0.1, 0.15) is 24.1 Å². The highest BCUT2D eigenvalue weighted by Gasteiger charge is 2.47. The van der Waals surface area contributed by atoms with Crippen molar-refractivity contribution in [1.29, 1.82) is 0 Å². The van der Waals surface area contributed by atoms with Crippen molar-refractivity contribution in [3.05, 3.63) is 58.6 Å². The molecule has 150 valence electrons. The third kappa shape index (κ3) is 4.20. The van der Waals surface area contributed by atoms with Crippen LogP contribution in [0.3, 0.4) is 0 Å². The number of aromatic nitrogens is 2. The minimum absolute atomic E-state index is 0.0160. The number of carbonyl (C=O) groups is 1. The molecule has 28 heavy (non-hydrogen) atoms. The molecule has 1 aliphatic rings. The number of nitrogens with zero attached hydrogens (tertiary/aromatic N) is 2. The maximum Gasteiger partial charge on any atom is 0.351 e. The molecule has 5 atom stereocenters. The number of nitrogen functional groups attached to an aromatic ring is 1. The van der Waals surface area contributed by atoms with Crippen LogP contribution < -0.4 is 17.2 Å². The van der Waals surface area contributed by atoms with E-state index in [9.17, 15) is 19.8 Å². The number of carbonyl (C=O) groups excluding carboxylic acids is 1. The molecule has 2 aromatic rings. The molecule has 1 saturated heterocycles. The van der Waals surface area contributed by atoms with Gasteiger partial charge < -0.3 is 31.2 Å². The van der Waals surface area contributed by atoms with Crippen LogP contribution in [0.1, 0.15) is 11.8 Å². The predicted molar refractivity (Wildman–Crippen MR) is 97.9 cm³/mol. The van der Waals surface area contributed by atoms with Crippen molar-refractivity contribution in [2.75, 3.05) is 12.3 Å². The average Bonchev–Trinajstić information content (AvgIpc) is 2.98. The van der Waals surface area contributed by atoms with Gasteiger partial charge in [-0.15, -0.1) is 0 Å². The minimum Gasteiger partial charge on any atom is -0.455 e. The molecular weight excluding hydrogens is 368 g/mol. The van der Waals surface area contributed by atoms with Crippen LogP contribution in [0, 0.1) is 0 Å². The summed E-state index contributed by atoms with van der Waals surface area (Å²) < 4.78 is 11.8. The normalized spacial score (nSPS) is 25.4. The Labute approximate surface area is 160 Å². The molecule has 0 aliphatic carbocycles. The van der Waals surface area contributed by atoms with Crippen molar-refractivity contribution < 1.29 is 24.5 Å². The molecule has 0 spiro atoms. The molecule has 0 amide bonds. The monoisotopic (exact) mass is 390 g/mol. The van der Waals surface area contributed by atoms with Crippen LogP contribution in [-0.4, -0.2) is 56.7 Å². The average molecular weight is 390 g/mol. The van der Waals surface area contributed by atoms with Crippen LogP contribution in [0.5, 0.6) is 0 Å². The van der Waals surface area contributed by atoms with Gasteiger partial charge in [0.15, 0.2) is 12.3 Å². The Bertz CT molecular complexity index is 874. The number of aliphatic hydroxyl groups is 2. The molecule has 0 bridgehead atoms. The number of aliphatic hydroxyl groups excluding tert-OH is 2. The molecule has 1 fully saturated rings. The van der Waals surface area contributed by atoms with E-state index in [1.54, 1.807) is 0 Å². The Kier molecular flexibility index (Phi) is 6.05. The summed E-state index contributed by atoms with van der Waals surface area (Å²) in [5, 5.41) is 20.1. The zero-order valence-corrected chi connectivity index (χ0v) is 14.9. The van der Waals surface area contributed by atoms with E-state index < -0.39 is 48.8 Å². The van der Waals surface area contributed by atoms with E-state index in [1.165, 1.54) is 12.3 Å². The lowest BCUT2D eigenvalue weighted by atomic mass is 10.1. The zero-order chi connectivity index (χ0) is 20.3. The molecule has 2 heterocycles. The van der Waals surface area contributed by atoms with Crippen LogP contribution in [-0.2, 0) is 20.7 Å². The molecule has 0 unspecified atom stereocenters. The van der Waals surface area contributed by atoms with Crippen LogP contribution >= 0.6 is 0 Å². The largest absolute Gasteiger partial charge is 0.455 e. The highest BCUT2D eigenvalue weighted by Crippen LogP contribution is 2.30. The number of nitrogens with two attached hydrogens (primary N) is 2. The predicted octanol–water partition coefficient (Wildman–Crippen LogP) is -1.44. The summed E-state index contributed by atoms with van der Waals surface area (Å²) in [7, 11) is 0. The third-order valence-electron chi connectivity index (χ3n) is 4.47. The van der Waals surface area contributed by atoms with E-state index in [1.807, 2.05) is 30.3 Å². The lowest BCUT2D eigenvalue weighted by Gasteiger charge is -2.22. The van der Waals surface area contributed by atoms with E-state index in [0.29, 0.717) is 0 Å². The number of hydrogen-bond donors (Lipinski definition) is 4. The van der Waals surface area contributed by atoms with E-state index in [-0.39, 0.29) is 12.2 Å². The van der Waals surface area contributed by atoms with E-state index in [0.717, 1.165) is 10.1 Å². The molecule has 1 aromatic carbocycles. The zero-order valence-electron chi connectivity index (χ0n) is 14.9. The van der Waals surface area contributed by atoms with Crippen LogP contribution in [0.2, 0.25) is 0 Å². The number of rotatable bonds is 6. The van der Waals surface area contributed by atoms with Crippen LogP contribution in [0.15, 0.2) is 47.4 Å². The summed E-state index contributed by atoms with van der Waals surface area (Å²) in [5.74, 6) is -0.735. The van der Waals surface area contributed by atoms with Crippen LogP contribution in [0.4, 0.5) is 5.82 Å². The summed E-state index contributed by atoms with van der Waals surface area (Å²) in [6.07, 6.45) is -3.28. The van der Waals surface area contributed by atoms with Crippen molar-refractivity contribution in [2.45, 2.75) is 37.0 Å². The number of hydrogen-bond acceptors (Lipinski definition) is 9. The summed E-state index contributed by atoms with van der Waals surface area (Å²) >= 11 is 0. The Balaban J connectivity index is 1.71. The molecule has 1 aromatic heterocycles. The Hall–Kier alpha value is -2.79. The molecule has 0 saturated carbocycles. The first kappa shape index (κ1) is 20.0. The number of esters is 1. The number of anilines is 1. The molecule has 1 aliphatic heterocycles. The van der Waals surface area contributed by atoms with Crippen molar-refractivity contribution in [3.63, 3.8) is 0 Å². The fourth-order valence-corrected chi connectivity index (χ4v) is 3.03. The third-order valence-corrected chi connectivity index (χ3v) is 4.47. The molecule has 3 rings (SSSR count). The smallest absolute Gasteiger partial charge is 0.351 e. The molecule has 0 radical (unpaired) electrons. The van der Waals surface area contributed by atoms with Gasteiger partial charge in [0, 0.05) is 6.20 Å². The second kappa shape index (κ2) is 8.48. The maximum absolute atomic E-state index is 12.4. The molecule has 10 heteroatoms. The van der Waals surface area contributed by atoms with Gasteiger partial charge in [-0.05, 0) is 18.1 Å². The number of ether oxygens (including phenoxy) is 2. The van der Waals surface area contributed by atoms with Crippen molar-refractivity contribution in [2.24, 2.45) is 5.73 Å². The van der Waals surface area contributed by atoms with Crippen molar-refractivity contribution in [1.82, 2.24) is 9.55 Å². The quantitative estimate of drug-likeness (QED) is 0.432. The summed E-state index contributed by atoms with van der Waals surface area (Å²) in [6.45, 7) is -0.531. The lowest BCUT2D eigenvalue weighted by Crippen LogP contribution is -2.44. The minimum atomic E-state index is -1.41. The molecular formula is C18H22N4O6. The fourth-order valence-electron chi connectivity index (χ4n) is 3.03. The van der Waals surface area contributed by atoms with Gasteiger partial charge in [-0.2, -0.15) is 4.98 Å². The van der Waals surface area contributed by atoms with E-state index in [4.69, 9.17) is 20.9 Å². The maximum atomic E-state index is 12.4. The van der Waals surface area contributed by atoms with Gasteiger partial charge in [-0.3, -0.25) is 9.36 Å². The summed E-state index contributed by atoms with van der Waals surface area (Å²) in [4.78, 5) is 27.9. The lowest BCUT2D eigenvalue weighted by molar-refractivity contribution is -0.158. The molecule has 10 nitrogen and oxygen atoms in total. The van der Waals surface area contributed by atoms with Gasteiger partial charge in [-0.1, -0.05) is 30.3 Å². The molecule has 6 N–H and O–H groups in total. The summed E-state index contributed by atoms with van der Waals surface area (Å²) in [5.41, 5.74) is 11.5. The van der Waals surface area contributed by atoms with Gasteiger partial charge >= 0.3 is 11.7 Å².